The van der Waals surface area contributed by atoms with Crippen molar-refractivity contribution in [3.05, 3.63) is 68.4 Å². The van der Waals surface area contributed by atoms with E-state index in [2.05, 4.69) is 0 Å². The number of hydrogen-bond donors (Lipinski definition) is 1. The molecule has 0 aliphatic carbocycles. The van der Waals surface area contributed by atoms with Gasteiger partial charge in [0.1, 0.15) is 5.82 Å². The molecule has 0 spiro atoms. The molecule has 1 unspecified atom stereocenters. The zero-order valence-electron chi connectivity index (χ0n) is 10.7. The predicted molar refractivity (Wildman–Crippen MR) is 78.4 cm³/mol. The van der Waals surface area contributed by atoms with E-state index in [0.29, 0.717) is 21.2 Å². The van der Waals surface area contributed by atoms with Crippen LogP contribution in [0.5, 0.6) is 0 Å². The van der Waals surface area contributed by atoms with Crippen LogP contribution in [0.25, 0.3) is 0 Å². The van der Waals surface area contributed by atoms with Gasteiger partial charge >= 0.3 is 0 Å². The topological polar surface area (TPSA) is 26.0 Å². The minimum atomic E-state index is -0.427. The maximum Gasteiger partial charge on any atom is 0.129 e. The molecule has 2 aromatic carbocycles. The Bertz CT molecular complexity index is 603. The van der Waals surface area contributed by atoms with E-state index >= 15 is 0 Å². The summed E-state index contributed by atoms with van der Waals surface area (Å²) in [6.07, 6.45) is 0. The highest BCUT2D eigenvalue weighted by Crippen LogP contribution is 2.32. The lowest BCUT2D eigenvalue weighted by atomic mass is 9.96. The molecule has 1 atom stereocenters. The van der Waals surface area contributed by atoms with Gasteiger partial charge in [0.25, 0.3) is 0 Å². The molecule has 0 radical (unpaired) electrons. The predicted octanol–water partition coefficient (Wildman–Crippen LogP) is 4.80. The molecule has 1 nitrogen and oxygen atoms in total. The van der Waals surface area contributed by atoms with E-state index in [1.54, 1.807) is 38.1 Å². The Morgan fingerprint density at radius 1 is 1.11 bits per heavy atom. The second-order valence-corrected chi connectivity index (χ2v) is 5.37. The van der Waals surface area contributed by atoms with Gasteiger partial charge in [-0.2, -0.15) is 0 Å². The highest BCUT2D eigenvalue weighted by Gasteiger charge is 2.16. The minimum Gasteiger partial charge on any atom is -0.320 e. The quantitative estimate of drug-likeness (QED) is 0.847. The van der Waals surface area contributed by atoms with Crippen LogP contribution >= 0.6 is 23.2 Å². The van der Waals surface area contributed by atoms with Crippen molar-refractivity contribution in [2.45, 2.75) is 19.9 Å². The van der Waals surface area contributed by atoms with Gasteiger partial charge in [0.2, 0.25) is 0 Å². The second kappa shape index (κ2) is 5.49. The first-order valence-corrected chi connectivity index (χ1v) is 6.63. The van der Waals surface area contributed by atoms with Crippen molar-refractivity contribution in [1.29, 1.82) is 0 Å². The van der Waals surface area contributed by atoms with Crippen LogP contribution in [-0.4, -0.2) is 0 Å². The van der Waals surface area contributed by atoms with Crippen molar-refractivity contribution < 1.29 is 4.39 Å². The van der Waals surface area contributed by atoms with Crippen LogP contribution in [-0.2, 0) is 0 Å². The molecule has 0 amide bonds. The highest BCUT2D eigenvalue weighted by atomic mass is 35.5. The molecule has 0 fully saturated rings. The maximum absolute atomic E-state index is 13.6. The van der Waals surface area contributed by atoms with Crippen molar-refractivity contribution in [3.63, 3.8) is 0 Å². The molecule has 0 saturated heterocycles. The molecule has 0 aromatic heterocycles. The van der Waals surface area contributed by atoms with Gasteiger partial charge in [-0.05, 0) is 42.2 Å². The third-order valence-electron chi connectivity index (χ3n) is 3.13. The van der Waals surface area contributed by atoms with Crippen LogP contribution < -0.4 is 5.73 Å². The first-order valence-electron chi connectivity index (χ1n) is 5.88. The Kier molecular flexibility index (Phi) is 4.14. The van der Waals surface area contributed by atoms with Gasteiger partial charge in [-0.15, -0.1) is 0 Å². The Morgan fingerprint density at radius 3 is 2.26 bits per heavy atom. The molecule has 0 aliphatic heterocycles. The fraction of sp³-hybridized carbons (Fsp3) is 0.200. The van der Waals surface area contributed by atoms with Crippen LogP contribution in [0.4, 0.5) is 4.39 Å². The SMILES string of the molecule is Cc1cc(C(N)c2cccc(Cl)c2Cl)cc(C)c1F. The van der Waals surface area contributed by atoms with Gasteiger partial charge in [0, 0.05) is 0 Å². The Labute approximate surface area is 122 Å². The van der Waals surface area contributed by atoms with Gasteiger partial charge in [-0.25, -0.2) is 4.39 Å². The van der Waals surface area contributed by atoms with E-state index < -0.39 is 6.04 Å². The number of halogens is 3. The largest absolute Gasteiger partial charge is 0.320 e. The molecule has 2 rings (SSSR count). The summed E-state index contributed by atoms with van der Waals surface area (Å²) in [6.45, 7) is 3.44. The van der Waals surface area contributed by atoms with E-state index in [0.717, 1.165) is 11.1 Å². The third-order valence-corrected chi connectivity index (χ3v) is 3.97. The fourth-order valence-corrected chi connectivity index (χ4v) is 2.52. The summed E-state index contributed by atoms with van der Waals surface area (Å²) < 4.78 is 13.6. The summed E-state index contributed by atoms with van der Waals surface area (Å²) in [6, 6.07) is 8.39. The molecule has 4 heteroatoms. The van der Waals surface area contributed by atoms with E-state index in [-0.39, 0.29) is 5.82 Å². The van der Waals surface area contributed by atoms with E-state index in [9.17, 15) is 4.39 Å². The summed E-state index contributed by atoms with van der Waals surface area (Å²) in [5.74, 6) is -0.201. The number of hydrogen-bond acceptors (Lipinski definition) is 1. The van der Waals surface area contributed by atoms with Gasteiger partial charge in [-0.1, -0.05) is 47.5 Å². The average molecular weight is 298 g/mol. The van der Waals surface area contributed by atoms with Crippen LogP contribution in [0.1, 0.15) is 28.3 Å². The molecule has 0 heterocycles. The van der Waals surface area contributed by atoms with Crippen molar-refractivity contribution in [3.8, 4) is 0 Å². The summed E-state index contributed by atoms with van der Waals surface area (Å²) >= 11 is 12.1. The molecule has 2 N–H and O–H groups in total. The summed E-state index contributed by atoms with van der Waals surface area (Å²) in [5, 5.41) is 0.904. The molecule has 100 valence electrons. The highest BCUT2D eigenvalue weighted by molar-refractivity contribution is 6.42. The van der Waals surface area contributed by atoms with E-state index in [1.165, 1.54) is 0 Å². The number of aryl methyl sites for hydroxylation is 2. The third kappa shape index (κ3) is 2.76. The van der Waals surface area contributed by atoms with Crippen LogP contribution in [0.3, 0.4) is 0 Å². The van der Waals surface area contributed by atoms with Crippen molar-refractivity contribution in [1.82, 2.24) is 0 Å². The normalized spacial score (nSPS) is 12.5. The molecular weight excluding hydrogens is 284 g/mol. The first-order chi connectivity index (χ1) is 8.91. The van der Waals surface area contributed by atoms with Gasteiger partial charge < -0.3 is 5.73 Å². The lowest BCUT2D eigenvalue weighted by molar-refractivity contribution is 0.607. The molecule has 0 aliphatic rings. The van der Waals surface area contributed by atoms with Crippen LogP contribution in [0, 0.1) is 19.7 Å². The lowest BCUT2D eigenvalue weighted by Gasteiger charge is -2.16. The number of rotatable bonds is 2. The van der Waals surface area contributed by atoms with Crippen molar-refractivity contribution in [2.75, 3.05) is 0 Å². The lowest BCUT2D eigenvalue weighted by Crippen LogP contribution is -2.13. The minimum absolute atomic E-state index is 0.201. The van der Waals surface area contributed by atoms with Gasteiger partial charge in [-0.3, -0.25) is 0 Å². The molecule has 19 heavy (non-hydrogen) atoms. The monoisotopic (exact) mass is 297 g/mol. The van der Waals surface area contributed by atoms with Crippen LogP contribution in [0.2, 0.25) is 10.0 Å². The Morgan fingerprint density at radius 2 is 1.68 bits per heavy atom. The number of nitrogens with two attached hydrogens (primary N) is 1. The average Bonchev–Trinajstić information content (AvgIpc) is 2.38. The Balaban J connectivity index is 2.50. The standard InChI is InChI=1S/C15H14Cl2FN/c1-8-6-10(7-9(2)14(8)18)15(19)11-4-3-5-12(16)13(11)17/h3-7,15H,19H2,1-2H3. The zero-order valence-corrected chi connectivity index (χ0v) is 12.2. The second-order valence-electron chi connectivity index (χ2n) is 4.59. The van der Waals surface area contributed by atoms with Gasteiger partial charge in [0.05, 0.1) is 16.1 Å². The van der Waals surface area contributed by atoms with Crippen molar-refractivity contribution in [2.24, 2.45) is 5.73 Å². The fourth-order valence-electron chi connectivity index (χ4n) is 2.10. The molecule has 0 saturated carbocycles. The number of benzene rings is 2. The summed E-state index contributed by atoms with van der Waals surface area (Å²) in [5.41, 5.74) is 8.91. The summed E-state index contributed by atoms with van der Waals surface area (Å²) in [4.78, 5) is 0. The first kappa shape index (κ1) is 14.3. The maximum atomic E-state index is 13.6. The molecular formula is C15H14Cl2FN. The van der Waals surface area contributed by atoms with Crippen LogP contribution in [0.15, 0.2) is 30.3 Å². The smallest absolute Gasteiger partial charge is 0.129 e. The van der Waals surface area contributed by atoms with E-state index in [4.69, 9.17) is 28.9 Å². The molecule has 2 aromatic rings. The summed E-state index contributed by atoms with van der Waals surface area (Å²) in [7, 11) is 0. The Hall–Kier alpha value is -1.09. The zero-order chi connectivity index (χ0) is 14.2. The van der Waals surface area contributed by atoms with E-state index in [1.807, 2.05) is 6.07 Å². The van der Waals surface area contributed by atoms with Crippen molar-refractivity contribution >= 4 is 23.2 Å². The molecule has 0 bridgehead atoms. The van der Waals surface area contributed by atoms with Gasteiger partial charge in [0.15, 0.2) is 0 Å².